The Bertz CT molecular complexity index is 388. The van der Waals surface area contributed by atoms with Crippen LogP contribution in [-0.4, -0.2) is 5.71 Å². The molecular weight excluding hydrogens is 293 g/mol. The molecule has 1 aliphatic carbocycles. The summed E-state index contributed by atoms with van der Waals surface area (Å²) in [5, 5.41) is 0. The smallest absolute Gasteiger partial charge is 0.122 e. The molecule has 2 aliphatic rings. The number of rotatable bonds is 0. The fraction of sp³-hybridized carbons (Fsp3) is 0.533. The van der Waals surface area contributed by atoms with E-state index in [2.05, 4.69) is 18.8 Å². The van der Waals surface area contributed by atoms with Crippen molar-refractivity contribution >= 4 is 5.71 Å². The molecule has 0 radical (unpaired) electrons. The average molecular weight is 315 g/mol. The summed E-state index contributed by atoms with van der Waals surface area (Å²) in [7, 11) is 0. The third-order valence-electron chi connectivity index (χ3n) is 3.06. The van der Waals surface area contributed by atoms with Crippen LogP contribution in [0.25, 0.3) is 0 Å². The van der Waals surface area contributed by atoms with E-state index in [0.29, 0.717) is 0 Å². The van der Waals surface area contributed by atoms with Crippen molar-refractivity contribution in [1.82, 2.24) is 0 Å². The van der Waals surface area contributed by atoms with Gasteiger partial charge in [-0.05, 0) is 65.0 Å². The standard InChI is InChI=1S/C8H11F.C7H11N.2Ar/c1-6-3-4-7(2)8(9)5-6;1-6-3-4-7(2)8-5-6;;/h5H,3-4H2,1-2H3;5H,3-4H2,1-2H3;;. The van der Waals surface area contributed by atoms with Crippen molar-refractivity contribution in [3.63, 3.8) is 0 Å². The van der Waals surface area contributed by atoms with E-state index in [1.54, 1.807) is 6.08 Å². The second-order valence-electron chi connectivity index (χ2n) is 4.96. The summed E-state index contributed by atoms with van der Waals surface area (Å²) in [6.45, 7) is 8.00. The van der Waals surface area contributed by atoms with Gasteiger partial charge in [-0.3, -0.25) is 4.99 Å². The van der Waals surface area contributed by atoms with Crippen molar-refractivity contribution in [3.8, 4) is 0 Å². The van der Waals surface area contributed by atoms with Crippen molar-refractivity contribution in [2.75, 3.05) is 0 Å². The van der Waals surface area contributed by atoms with Crippen LogP contribution in [0.1, 0.15) is 53.4 Å². The molecule has 0 spiro atoms. The van der Waals surface area contributed by atoms with Gasteiger partial charge in [-0.2, -0.15) is 0 Å². The molecule has 0 bridgehead atoms. The van der Waals surface area contributed by atoms with Gasteiger partial charge < -0.3 is 0 Å². The Labute approximate surface area is 176 Å². The predicted molar refractivity (Wildman–Crippen MR) is 72.9 cm³/mol. The normalized spacial score (nSPS) is 17.8. The number of aliphatic imine (C=N–C) groups is 1. The molecule has 0 fully saturated rings. The van der Waals surface area contributed by atoms with Crippen LogP contribution in [0.2, 0.25) is 0 Å². The monoisotopic (exact) mass is 315 g/mol. The number of halogens is 1. The van der Waals surface area contributed by atoms with Crippen LogP contribution in [0.3, 0.4) is 0 Å². The first-order valence-corrected chi connectivity index (χ1v) is 6.20. The van der Waals surface area contributed by atoms with Gasteiger partial charge in [0.25, 0.3) is 0 Å². The Morgan fingerprint density at radius 1 is 0.895 bits per heavy atom. The van der Waals surface area contributed by atoms with Gasteiger partial charge in [-0.1, -0.05) is 11.1 Å². The molecule has 19 heavy (non-hydrogen) atoms. The molecular formula is C15H22Ar2FN. The second kappa shape index (κ2) is 11.9. The largest absolute Gasteiger partial charge is 0.266 e. The fourth-order valence-corrected chi connectivity index (χ4v) is 1.64. The van der Waals surface area contributed by atoms with Gasteiger partial charge in [0.15, 0.2) is 0 Å². The van der Waals surface area contributed by atoms with E-state index in [0.717, 1.165) is 30.4 Å². The van der Waals surface area contributed by atoms with E-state index >= 15 is 0 Å². The van der Waals surface area contributed by atoms with Crippen molar-refractivity contribution in [1.29, 1.82) is 0 Å². The quantitative estimate of drug-likeness (QED) is 0.589. The summed E-state index contributed by atoms with van der Waals surface area (Å²) in [6, 6.07) is 0. The zero-order valence-electron chi connectivity index (χ0n) is 12.0. The Hall–Kier alpha value is 1.34. The van der Waals surface area contributed by atoms with E-state index in [1.165, 1.54) is 17.7 Å². The van der Waals surface area contributed by atoms with Gasteiger partial charge >= 0.3 is 0 Å². The van der Waals surface area contributed by atoms with Crippen LogP contribution in [0, 0.1) is 75.5 Å². The zero-order chi connectivity index (χ0) is 12.8. The molecule has 0 N–H and O–H groups in total. The van der Waals surface area contributed by atoms with Crippen molar-refractivity contribution in [2.24, 2.45) is 4.99 Å². The van der Waals surface area contributed by atoms with Gasteiger partial charge in [-0.25, -0.2) is 4.39 Å². The first kappa shape index (κ1) is 22.6. The number of hydrogen-bond acceptors (Lipinski definition) is 1. The minimum absolute atomic E-state index is 0. The van der Waals surface area contributed by atoms with Crippen LogP contribution < -0.4 is 0 Å². The summed E-state index contributed by atoms with van der Waals surface area (Å²) in [4.78, 5) is 4.17. The maximum absolute atomic E-state index is 12.6. The molecule has 110 valence electrons. The van der Waals surface area contributed by atoms with Crippen LogP contribution in [-0.2, 0) is 0 Å². The third kappa shape index (κ3) is 9.82. The SMILES string of the molecule is CC1=CC(F)=C(C)CC1.CC1=CN=C(C)CC1.[Ar].[Ar]. The maximum atomic E-state index is 12.6. The van der Waals surface area contributed by atoms with Crippen LogP contribution in [0.5, 0.6) is 0 Å². The molecule has 1 heterocycles. The fourth-order valence-electron chi connectivity index (χ4n) is 1.64. The molecule has 1 aliphatic heterocycles. The second-order valence-corrected chi connectivity index (χ2v) is 4.96. The number of allylic oxidation sites excluding steroid dienone is 5. The van der Waals surface area contributed by atoms with Crippen LogP contribution >= 0.6 is 0 Å². The molecule has 0 aromatic carbocycles. The summed E-state index contributed by atoms with van der Waals surface area (Å²) in [5.41, 5.74) is 4.70. The molecule has 0 amide bonds. The van der Waals surface area contributed by atoms with Crippen LogP contribution in [0.4, 0.5) is 4.39 Å². The predicted octanol–water partition coefficient (Wildman–Crippen LogP) is 5.11. The molecule has 0 aromatic heterocycles. The Morgan fingerprint density at radius 3 is 1.84 bits per heavy atom. The summed E-state index contributed by atoms with van der Waals surface area (Å²) in [6.07, 6.45) is 7.86. The van der Waals surface area contributed by atoms with Crippen molar-refractivity contribution < 1.29 is 79.9 Å². The van der Waals surface area contributed by atoms with Crippen LogP contribution in [0.15, 0.2) is 39.8 Å². The Morgan fingerprint density at radius 2 is 1.47 bits per heavy atom. The number of nitrogens with zero attached hydrogens (tertiary/aromatic N) is 1. The molecule has 4 heteroatoms. The molecule has 0 aromatic rings. The number of hydrogen-bond donors (Lipinski definition) is 0. The van der Waals surface area contributed by atoms with Crippen molar-refractivity contribution in [3.05, 3.63) is 34.8 Å². The average Bonchev–Trinajstić information content (AvgIpc) is 2.29. The Kier molecular flexibility index (Phi) is 14.2. The van der Waals surface area contributed by atoms with Crippen molar-refractivity contribution in [2.45, 2.75) is 53.4 Å². The third-order valence-corrected chi connectivity index (χ3v) is 3.06. The minimum Gasteiger partial charge on any atom is -0.266 e. The topological polar surface area (TPSA) is 12.4 Å². The molecule has 0 saturated carbocycles. The van der Waals surface area contributed by atoms with Gasteiger partial charge in [-0.15, -0.1) is 0 Å². The van der Waals surface area contributed by atoms with E-state index in [-0.39, 0.29) is 81.3 Å². The maximum Gasteiger partial charge on any atom is 0.122 e. The first-order chi connectivity index (χ1) is 7.99. The first-order valence-electron chi connectivity index (χ1n) is 6.20. The summed E-state index contributed by atoms with van der Waals surface area (Å²) >= 11 is 0. The van der Waals surface area contributed by atoms with E-state index < -0.39 is 0 Å². The zero-order valence-corrected chi connectivity index (χ0v) is 13.4. The molecule has 0 unspecified atom stereocenters. The summed E-state index contributed by atoms with van der Waals surface area (Å²) in [5.74, 6) is -0.0289. The van der Waals surface area contributed by atoms with Gasteiger partial charge in [0.05, 0.1) is 0 Å². The summed E-state index contributed by atoms with van der Waals surface area (Å²) < 4.78 is 12.6. The molecule has 0 saturated heterocycles. The van der Waals surface area contributed by atoms with E-state index in [9.17, 15) is 4.39 Å². The molecule has 0 atom stereocenters. The minimum atomic E-state index is -0.0289. The van der Waals surface area contributed by atoms with Gasteiger partial charge in [0.1, 0.15) is 5.83 Å². The van der Waals surface area contributed by atoms with E-state index in [1.807, 2.05) is 20.0 Å². The van der Waals surface area contributed by atoms with Gasteiger partial charge in [0.2, 0.25) is 0 Å². The van der Waals surface area contributed by atoms with Gasteiger partial charge in [0, 0.05) is 87.4 Å². The Balaban J connectivity index is 0. The molecule has 2 rings (SSSR count). The molecule has 1 nitrogen and oxygen atoms in total. The van der Waals surface area contributed by atoms with E-state index in [4.69, 9.17) is 0 Å².